The number of hydrogen-bond acceptors (Lipinski definition) is 7. The number of nitrogens with zero attached hydrogens (tertiary/aromatic N) is 2. The number of imidazole rings is 1. The number of rotatable bonds is 4. The van der Waals surface area contributed by atoms with Crippen molar-refractivity contribution in [3.05, 3.63) is 46.2 Å². The number of aromatic nitrogens is 2. The SMILES string of the molecule is COc1cc([C@@H](c2n(C)c(C)c(C)[n+]2[O-])C2C(=O)OC(C)(C)OC2=O)ccc1O. The molecule has 1 atom stereocenters. The van der Waals surface area contributed by atoms with Crippen LogP contribution in [0.5, 0.6) is 11.5 Å². The van der Waals surface area contributed by atoms with Gasteiger partial charge in [-0.05, 0) is 17.7 Å². The monoisotopic (exact) mass is 404 g/mol. The Labute approximate surface area is 168 Å². The van der Waals surface area contributed by atoms with Gasteiger partial charge in [0.2, 0.25) is 0 Å². The first kappa shape index (κ1) is 20.5. The van der Waals surface area contributed by atoms with E-state index in [1.807, 2.05) is 0 Å². The fraction of sp³-hybridized carbons (Fsp3) is 0.450. The Morgan fingerprint density at radius 3 is 2.31 bits per heavy atom. The number of methoxy groups -OCH3 is 1. The third kappa shape index (κ3) is 3.37. The lowest BCUT2D eigenvalue weighted by Crippen LogP contribution is -2.50. The first-order valence-electron chi connectivity index (χ1n) is 9.06. The normalized spacial score (nSPS) is 17.6. The molecule has 0 unspecified atom stereocenters. The highest BCUT2D eigenvalue weighted by molar-refractivity contribution is 5.98. The third-order valence-electron chi connectivity index (χ3n) is 5.26. The molecule has 2 aromatic rings. The number of benzene rings is 1. The summed E-state index contributed by atoms with van der Waals surface area (Å²) in [6.45, 7) is 6.34. The highest BCUT2D eigenvalue weighted by atomic mass is 16.7. The van der Waals surface area contributed by atoms with E-state index in [4.69, 9.17) is 14.2 Å². The molecule has 0 saturated carbocycles. The quantitative estimate of drug-likeness (QED) is 0.356. The minimum absolute atomic E-state index is 0.112. The molecule has 1 aliphatic rings. The van der Waals surface area contributed by atoms with E-state index >= 15 is 0 Å². The molecule has 0 radical (unpaired) electrons. The number of hydrogen-bond donors (Lipinski definition) is 1. The summed E-state index contributed by atoms with van der Waals surface area (Å²) >= 11 is 0. The molecular formula is C20H24N2O7. The van der Waals surface area contributed by atoms with Gasteiger partial charge < -0.3 is 24.5 Å². The lowest BCUT2D eigenvalue weighted by Gasteiger charge is -2.35. The molecule has 0 bridgehead atoms. The van der Waals surface area contributed by atoms with Crippen molar-refractivity contribution in [1.29, 1.82) is 0 Å². The van der Waals surface area contributed by atoms with Crippen molar-refractivity contribution >= 4 is 11.9 Å². The van der Waals surface area contributed by atoms with E-state index in [1.165, 1.54) is 39.2 Å². The number of cyclic esters (lactones) is 2. The van der Waals surface area contributed by atoms with Crippen molar-refractivity contribution in [2.75, 3.05) is 7.11 Å². The fourth-order valence-corrected chi connectivity index (χ4v) is 3.58. The summed E-state index contributed by atoms with van der Waals surface area (Å²) in [5, 5.41) is 22.9. The number of phenolic OH excluding ortho intramolecular Hbond substituents is 1. The highest BCUT2D eigenvalue weighted by Gasteiger charge is 2.51. The predicted octanol–water partition coefficient (Wildman–Crippen LogP) is 1.57. The van der Waals surface area contributed by atoms with E-state index in [0.717, 1.165) is 0 Å². The molecule has 29 heavy (non-hydrogen) atoms. The van der Waals surface area contributed by atoms with Crippen molar-refractivity contribution in [3.8, 4) is 11.5 Å². The van der Waals surface area contributed by atoms with Crippen LogP contribution in [0.2, 0.25) is 0 Å². The predicted molar refractivity (Wildman–Crippen MR) is 100 cm³/mol. The Kier molecular flexibility index (Phi) is 4.94. The van der Waals surface area contributed by atoms with Gasteiger partial charge in [-0.3, -0.25) is 9.59 Å². The van der Waals surface area contributed by atoms with E-state index in [0.29, 0.717) is 21.7 Å². The molecule has 9 heteroatoms. The molecule has 1 fully saturated rings. The minimum atomic E-state index is -1.40. The summed E-state index contributed by atoms with van der Waals surface area (Å²) in [6.07, 6.45) is 0. The number of aromatic hydroxyl groups is 1. The van der Waals surface area contributed by atoms with Crippen molar-refractivity contribution in [1.82, 2.24) is 4.57 Å². The molecule has 1 saturated heterocycles. The Hall–Kier alpha value is -3.23. The topological polar surface area (TPSA) is 114 Å². The van der Waals surface area contributed by atoms with Crippen molar-refractivity contribution < 1.29 is 33.6 Å². The lowest BCUT2D eigenvalue weighted by atomic mass is 9.84. The summed E-state index contributed by atoms with van der Waals surface area (Å²) < 4.78 is 18.1. The second-order valence-electron chi connectivity index (χ2n) is 7.51. The Morgan fingerprint density at radius 2 is 1.83 bits per heavy atom. The van der Waals surface area contributed by atoms with Gasteiger partial charge in [0.25, 0.3) is 11.6 Å². The van der Waals surface area contributed by atoms with Gasteiger partial charge in [-0.1, -0.05) is 6.07 Å². The van der Waals surface area contributed by atoms with Gasteiger partial charge in [0.15, 0.2) is 17.4 Å². The Balaban J connectivity index is 2.25. The van der Waals surface area contributed by atoms with Crippen LogP contribution in [0.3, 0.4) is 0 Å². The van der Waals surface area contributed by atoms with Crippen LogP contribution in [0.15, 0.2) is 18.2 Å². The second-order valence-corrected chi connectivity index (χ2v) is 7.51. The number of ether oxygens (including phenoxy) is 3. The van der Waals surface area contributed by atoms with Crippen LogP contribution in [0.25, 0.3) is 0 Å². The van der Waals surface area contributed by atoms with Crippen LogP contribution in [0.4, 0.5) is 0 Å². The molecule has 3 rings (SSSR count). The molecule has 2 heterocycles. The molecule has 1 aromatic heterocycles. The van der Waals surface area contributed by atoms with E-state index in [2.05, 4.69) is 0 Å². The minimum Gasteiger partial charge on any atom is -0.711 e. The van der Waals surface area contributed by atoms with Gasteiger partial charge in [-0.2, -0.15) is 0 Å². The summed E-state index contributed by atoms with van der Waals surface area (Å²) in [7, 11) is 3.06. The first-order chi connectivity index (χ1) is 13.5. The van der Waals surface area contributed by atoms with Crippen LogP contribution < -0.4 is 9.47 Å². The fourth-order valence-electron chi connectivity index (χ4n) is 3.58. The first-order valence-corrected chi connectivity index (χ1v) is 9.06. The van der Waals surface area contributed by atoms with Gasteiger partial charge in [0.1, 0.15) is 17.3 Å². The Morgan fingerprint density at radius 1 is 1.24 bits per heavy atom. The van der Waals surface area contributed by atoms with E-state index in [-0.39, 0.29) is 17.3 Å². The Bertz CT molecular complexity index is 948. The van der Waals surface area contributed by atoms with Crippen LogP contribution in [-0.2, 0) is 26.1 Å². The average molecular weight is 404 g/mol. The smallest absolute Gasteiger partial charge is 0.324 e. The molecule has 0 aliphatic carbocycles. The van der Waals surface area contributed by atoms with Gasteiger partial charge in [-0.15, -0.1) is 0 Å². The van der Waals surface area contributed by atoms with Crippen LogP contribution >= 0.6 is 0 Å². The average Bonchev–Trinajstić information content (AvgIpc) is 2.81. The summed E-state index contributed by atoms with van der Waals surface area (Å²) in [4.78, 5) is 25.6. The maximum absolute atomic E-state index is 12.9. The van der Waals surface area contributed by atoms with Gasteiger partial charge in [-0.25, -0.2) is 9.30 Å². The standard InChI is InChI=1S/C20H24N2O7/c1-10-11(2)22(26)17(21(10)5)15(12-7-8-13(23)14(9-12)27-6)16-18(24)28-20(3,4)29-19(16)25/h7-9,15-16,23H,1-6H3/t15-/m1/s1. The maximum Gasteiger partial charge on any atom is 0.324 e. The molecule has 0 amide bonds. The molecule has 1 aliphatic heterocycles. The number of phenols is 1. The van der Waals surface area contributed by atoms with E-state index < -0.39 is 29.6 Å². The van der Waals surface area contributed by atoms with Crippen molar-refractivity contribution in [2.24, 2.45) is 13.0 Å². The largest absolute Gasteiger partial charge is 0.711 e. The lowest BCUT2D eigenvalue weighted by molar-refractivity contribution is -0.621. The molecule has 9 nitrogen and oxygen atoms in total. The molecule has 1 N–H and O–H groups in total. The number of esters is 2. The summed E-state index contributed by atoms with van der Waals surface area (Å²) in [5.41, 5.74) is 1.54. The van der Waals surface area contributed by atoms with Crippen LogP contribution in [0, 0.1) is 25.0 Å². The summed E-state index contributed by atoms with van der Waals surface area (Å²) in [6, 6.07) is 4.39. The maximum atomic E-state index is 12.9. The zero-order valence-electron chi connectivity index (χ0n) is 17.2. The molecule has 1 aromatic carbocycles. The highest BCUT2D eigenvalue weighted by Crippen LogP contribution is 2.40. The number of carbonyl (C=O) groups is 2. The molecular weight excluding hydrogens is 380 g/mol. The third-order valence-corrected chi connectivity index (χ3v) is 5.26. The van der Waals surface area contributed by atoms with Crippen molar-refractivity contribution in [3.63, 3.8) is 0 Å². The zero-order valence-corrected chi connectivity index (χ0v) is 17.2. The second kappa shape index (κ2) is 6.98. The van der Waals surface area contributed by atoms with Crippen LogP contribution in [0.1, 0.15) is 42.5 Å². The van der Waals surface area contributed by atoms with E-state index in [9.17, 15) is 19.9 Å². The number of carbonyl (C=O) groups excluding carboxylic acids is 2. The molecule has 156 valence electrons. The van der Waals surface area contributed by atoms with E-state index in [1.54, 1.807) is 25.5 Å². The van der Waals surface area contributed by atoms with Gasteiger partial charge >= 0.3 is 11.9 Å². The summed E-state index contributed by atoms with van der Waals surface area (Å²) in [5.74, 6) is -5.19. The van der Waals surface area contributed by atoms with Gasteiger partial charge in [0.05, 0.1) is 14.2 Å². The molecule has 0 spiro atoms. The van der Waals surface area contributed by atoms with Crippen LogP contribution in [-0.4, -0.2) is 34.5 Å². The van der Waals surface area contributed by atoms with Crippen molar-refractivity contribution in [2.45, 2.75) is 39.4 Å². The zero-order chi connectivity index (χ0) is 21.7. The van der Waals surface area contributed by atoms with Gasteiger partial charge in [0, 0.05) is 27.7 Å².